The van der Waals surface area contributed by atoms with Gasteiger partial charge in [0.15, 0.2) is 0 Å². The first-order chi connectivity index (χ1) is 11.6. The molecule has 0 heterocycles. The zero-order chi connectivity index (χ0) is 19.1. The fourth-order valence-corrected chi connectivity index (χ4v) is 4.16. The molecule has 0 amide bonds. The van der Waals surface area contributed by atoms with Crippen molar-refractivity contribution in [1.29, 1.82) is 0 Å². The summed E-state index contributed by atoms with van der Waals surface area (Å²) in [6.07, 6.45) is -8.08. The van der Waals surface area contributed by atoms with E-state index in [0.717, 1.165) is 25.0 Å². The second-order valence-electron chi connectivity index (χ2n) is 5.62. The Labute approximate surface area is 145 Å². The summed E-state index contributed by atoms with van der Waals surface area (Å²) in [5, 5.41) is 0. The molecule has 0 fully saturated rings. The second kappa shape index (κ2) is 9.58. The van der Waals surface area contributed by atoms with Crippen LogP contribution in [-0.4, -0.2) is 22.5 Å². The molecule has 0 atom stereocenters. The van der Waals surface area contributed by atoms with Crippen LogP contribution in [0.1, 0.15) is 43.4 Å². The van der Waals surface area contributed by atoms with Gasteiger partial charge in [-0.1, -0.05) is 13.8 Å². The minimum Gasteiger partial charge on any atom is -0.397 e. The number of benzene rings is 1. The molecule has 1 aromatic rings. The van der Waals surface area contributed by atoms with Gasteiger partial charge in [-0.25, -0.2) is 0 Å². The van der Waals surface area contributed by atoms with Crippen molar-refractivity contribution in [3.05, 3.63) is 34.9 Å². The van der Waals surface area contributed by atoms with Crippen molar-refractivity contribution in [2.75, 3.05) is 13.2 Å². The summed E-state index contributed by atoms with van der Waals surface area (Å²) in [6, 6.07) is 1.98. The number of hydrogen-bond acceptors (Lipinski definition) is 2. The number of aryl methyl sites for hydroxylation is 1. The Balaban J connectivity index is 2.94. The standard InChI is InChI=1S/C16H22F6O2Si/c1-3-6-23-25(24-7-4-2)8-5-12-9-13(15(17,18)19)11-14(10-12)16(20,21)22/h9-11,25H,3-8H2,1-2H3. The van der Waals surface area contributed by atoms with E-state index < -0.39 is 32.8 Å². The molecule has 0 aliphatic carbocycles. The lowest BCUT2D eigenvalue weighted by Crippen LogP contribution is -2.24. The van der Waals surface area contributed by atoms with E-state index in [0.29, 0.717) is 19.3 Å². The van der Waals surface area contributed by atoms with Crippen LogP contribution in [0.25, 0.3) is 0 Å². The average Bonchev–Trinajstić information content (AvgIpc) is 2.52. The van der Waals surface area contributed by atoms with Gasteiger partial charge in [0.05, 0.1) is 11.1 Å². The Morgan fingerprint density at radius 3 is 1.60 bits per heavy atom. The largest absolute Gasteiger partial charge is 0.416 e. The van der Waals surface area contributed by atoms with E-state index in [9.17, 15) is 26.3 Å². The molecule has 144 valence electrons. The third kappa shape index (κ3) is 7.79. The predicted molar refractivity (Wildman–Crippen MR) is 84.6 cm³/mol. The van der Waals surface area contributed by atoms with Crippen LogP contribution in [0.3, 0.4) is 0 Å². The van der Waals surface area contributed by atoms with Crippen molar-refractivity contribution in [2.24, 2.45) is 0 Å². The molecular formula is C16H22F6O2Si. The summed E-state index contributed by atoms with van der Waals surface area (Å²) in [4.78, 5) is 0. The van der Waals surface area contributed by atoms with E-state index in [1.54, 1.807) is 0 Å². The highest BCUT2D eigenvalue weighted by molar-refractivity contribution is 6.44. The van der Waals surface area contributed by atoms with Gasteiger partial charge < -0.3 is 8.85 Å². The summed E-state index contributed by atoms with van der Waals surface area (Å²) in [5.74, 6) is 0. The molecule has 0 unspecified atom stereocenters. The Bertz CT molecular complexity index is 490. The summed E-state index contributed by atoms with van der Waals surface area (Å²) in [5.41, 5.74) is -2.60. The maximum atomic E-state index is 12.9. The van der Waals surface area contributed by atoms with E-state index >= 15 is 0 Å². The van der Waals surface area contributed by atoms with Crippen LogP contribution in [0.5, 0.6) is 0 Å². The molecule has 0 spiro atoms. The highest BCUT2D eigenvalue weighted by Crippen LogP contribution is 2.36. The van der Waals surface area contributed by atoms with Gasteiger partial charge in [0, 0.05) is 13.2 Å². The van der Waals surface area contributed by atoms with Crippen molar-refractivity contribution in [2.45, 2.75) is 51.5 Å². The highest BCUT2D eigenvalue weighted by atomic mass is 28.3. The van der Waals surface area contributed by atoms with E-state index in [-0.39, 0.29) is 18.1 Å². The molecule has 0 aromatic heterocycles. The SMILES string of the molecule is CCCO[SiH](CCc1cc(C(F)(F)F)cc(C(F)(F)F)c1)OCCC. The van der Waals surface area contributed by atoms with Crippen LogP contribution in [-0.2, 0) is 27.6 Å². The molecule has 0 aliphatic heterocycles. The minimum atomic E-state index is -4.83. The molecule has 1 aromatic carbocycles. The maximum Gasteiger partial charge on any atom is 0.416 e. The third-order valence-electron chi connectivity index (χ3n) is 3.33. The first-order valence-corrected chi connectivity index (χ1v) is 9.85. The topological polar surface area (TPSA) is 18.5 Å². The van der Waals surface area contributed by atoms with Crippen molar-refractivity contribution in [1.82, 2.24) is 0 Å². The molecule has 0 aliphatic rings. The zero-order valence-electron chi connectivity index (χ0n) is 14.1. The highest BCUT2D eigenvalue weighted by Gasteiger charge is 2.36. The molecule has 0 radical (unpaired) electrons. The van der Waals surface area contributed by atoms with Crippen molar-refractivity contribution >= 4 is 9.28 Å². The first-order valence-electron chi connectivity index (χ1n) is 8.09. The minimum absolute atomic E-state index is 0.0140. The van der Waals surface area contributed by atoms with Crippen molar-refractivity contribution in [3.8, 4) is 0 Å². The van der Waals surface area contributed by atoms with Crippen LogP contribution in [0.2, 0.25) is 6.04 Å². The smallest absolute Gasteiger partial charge is 0.397 e. The molecule has 0 bridgehead atoms. The van der Waals surface area contributed by atoms with Crippen LogP contribution < -0.4 is 0 Å². The van der Waals surface area contributed by atoms with Crippen LogP contribution in [0.15, 0.2) is 18.2 Å². The molecule has 2 nitrogen and oxygen atoms in total. The Morgan fingerprint density at radius 2 is 1.24 bits per heavy atom. The Hall–Kier alpha value is -1.06. The van der Waals surface area contributed by atoms with Gasteiger partial charge in [0.2, 0.25) is 0 Å². The molecule has 0 saturated heterocycles. The van der Waals surface area contributed by atoms with Gasteiger partial charge in [0.25, 0.3) is 0 Å². The summed E-state index contributed by atoms with van der Waals surface area (Å²) in [7, 11) is -2.12. The summed E-state index contributed by atoms with van der Waals surface area (Å²) < 4.78 is 88.3. The normalized spacial score (nSPS) is 12.8. The van der Waals surface area contributed by atoms with Gasteiger partial charge >= 0.3 is 21.6 Å². The van der Waals surface area contributed by atoms with Crippen LogP contribution in [0.4, 0.5) is 26.3 Å². The molecule has 9 heteroatoms. The number of rotatable bonds is 9. The first kappa shape index (κ1) is 22.0. The van der Waals surface area contributed by atoms with Gasteiger partial charge in [-0.15, -0.1) is 0 Å². The summed E-state index contributed by atoms with van der Waals surface area (Å²) >= 11 is 0. The Kier molecular flexibility index (Phi) is 8.43. The lowest BCUT2D eigenvalue weighted by molar-refractivity contribution is -0.143. The fraction of sp³-hybridized carbons (Fsp3) is 0.625. The lowest BCUT2D eigenvalue weighted by Gasteiger charge is -2.17. The van der Waals surface area contributed by atoms with E-state index in [2.05, 4.69) is 0 Å². The van der Waals surface area contributed by atoms with Gasteiger partial charge in [-0.2, -0.15) is 26.3 Å². The monoisotopic (exact) mass is 388 g/mol. The number of alkyl halides is 6. The van der Waals surface area contributed by atoms with Crippen molar-refractivity contribution < 1.29 is 35.2 Å². The van der Waals surface area contributed by atoms with Crippen molar-refractivity contribution in [3.63, 3.8) is 0 Å². The Morgan fingerprint density at radius 1 is 0.800 bits per heavy atom. The quantitative estimate of drug-likeness (QED) is 0.420. The van der Waals surface area contributed by atoms with Gasteiger partial charge in [0.1, 0.15) is 0 Å². The molecule has 0 saturated carbocycles. The predicted octanol–water partition coefficient (Wildman–Crippen LogP) is 5.34. The molecule has 0 N–H and O–H groups in total. The zero-order valence-corrected chi connectivity index (χ0v) is 15.3. The molecule has 25 heavy (non-hydrogen) atoms. The summed E-state index contributed by atoms with van der Waals surface area (Å²) in [6.45, 7) is 4.76. The lowest BCUT2D eigenvalue weighted by atomic mass is 10.0. The fourth-order valence-electron chi connectivity index (χ4n) is 2.16. The van der Waals surface area contributed by atoms with E-state index in [4.69, 9.17) is 8.85 Å². The average molecular weight is 388 g/mol. The van der Waals surface area contributed by atoms with Crippen LogP contribution in [0, 0.1) is 0 Å². The van der Waals surface area contributed by atoms with Gasteiger partial charge in [-0.3, -0.25) is 0 Å². The number of hydrogen-bond donors (Lipinski definition) is 0. The second-order valence-corrected chi connectivity index (χ2v) is 7.73. The van der Waals surface area contributed by atoms with E-state index in [1.807, 2.05) is 13.8 Å². The van der Waals surface area contributed by atoms with Crippen LogP contribution >= 0.6 is 0 Å². The van der Waals surface area contributed by atoms with E-state index in [1.165, 1.54) is 0 Å². The number of halogens is 6. The third-order valence-corrected chi connectivity index (χ3v) is 5.31. The molecular weight excluding hydrogens is 366 g/mol. The van der Waals surface area contributed by atoms with Gasteiger partial charge in [-0.05, 0) is 49.1 Å². The maximum absolute atomic E-state index is 12.9. The molecule has 1 rings (SSSR count).